The third-order valence-corrected chi connectivity index (χ3v) is 2.05. The van der Waals surface area contributed by atoms with Gasteiger partial charge in [-0.25, -0.2) is 4.98 Å². The molecular formula is C9H10ClN3O2. The molecular weight excluding hydrogens is 218 g/mol. The highest BCUT2D eigenvalue weighted by Crippen LogP contribution is 2.16. The maximum absolute atomic E-state index is 11.1. The van der Waals surface area contributed by atoms with Crippen molar-refractivity contribution in [3.05, 3.63) is 23.2 Å². The summed E-state index contributed by atoms with van der Waals surface area (Å²) in [5.74, 6) is -1.22. The summed E-state index contributed by atoms with van der Waals surface area (Å²) < 4.78 is 0. The van der Waals surface area contributed by atoms with Crippen LogP contribution < -0.4 is 5.32 Å². The van der Waals surface area contributed by atoms with Crippen LogP contribution in [0.3, 0.4) is 0 Å². The Morgan fingerprint density at radius 1 is 1.40 bits per heavy atom. The van der Waals surface area contributed by atoms with Gasteiger partial charge in [-0.05, 0) is 6.92 Å². The molecule has 0 aliphatic carbocycles. The molecule has 0 spiro atoms. The van der Waals surface area contributed by atoms with E-state index in [0.717, 1.165) is 0 Å². The van der Waals surface area contributed by atoms with Crippen LogP contribution >= 0.6 is 11.6 Å². The quantitative estimate of drug-likeness (QED) is 0.779. The van der Waals surface area contributed by atoms with Gasteiger partial charge in [0.15, 0.2) is 5.15 Å². The van der Waals surface area contributed by atoms with Gasteiger partial charge in [-0.15, -0.1) is 0 Å². The molecule has 0 saturated carbocycles. The van der Waals surface area contributed by atoms with E-state index in [0.29, 0.717) is 5.69 Å². The Hall–Kier alpha value is -1.49. The number of aromatic nitrogens is 2. The molecule has 1 unspecified atom stereocenters. The van der Waals surface area contributed by atoms with E-state index in [-0.39, 0.29) is 5.15 Å². The van der Waals surface area contributed by atoms with E-state index in [1.54, 1.807) is 6.92 Å². The Balaban J connectivity index is 2.78. The van der Waals surface area contributed by atoms with Gasteiger partial charge in [0.1, 0.15) is 0 Å². The minimum Gasteiger partial charge on any atom is -0.341 e. The van der Waals surface area contributed by atoms with Gasteiger partial charge in [-0.3, -0.25) is 14.6 Å². The molecule has 80 valence electrons. The number of carbonyl (C=O) groups excluding carboxylic acids is 2. The van der Waals surface area contributed by atoms with Gasteiger partial charge in [-0.1, -0.05) is 11.6 Å². The number of hydrogen-bond acceptors (Lipinski definition) is 4. The van der Waals surface area contributed by atoms with Crippen LogP contribution in [0, 0.1) is 0 Å². The number of nitrogens with zero attached hydrogens (tertiary/aromatic N) is 2. The molecule has 0 bridgehead atoms. The first-order valence-corrected chi connectivity index (χ1v) is 4.68. The van der Waals surface area contributed by atoms with E-state index in [4.69, 9.17) is 11.6 Å². The van der Waals surface area contributed by atoms with Crippen molar-refractivity contribution in [1.29, 1.82) is 0 Å². The van der Waals surface area contributed by atoms with E-state index < -0.39 is 17.7 Å². The molecule has 0 fully saturated rings. The lowest BCUT2D eigenvalue weighted by Crippen LogP contribution is -2.32. The van der Waals surface area contributed by atoms with Crippen LogP contribution in [0.1, 0.15) is 25.6 Å². The fourth-order valence-electron chi connectivity index (χ4n) is 0.989. The molecule has 0 aromatic carbocycles. The first-order valence-electron chi connectivity index (χ1n) is 4.30. The largest absolute Gasteiger partial charge is 0.341 e. The molecule has 6 heteroatoms. The lowest BCUT2D eigenvalue weighted by Gasteiger charge is -2.12. The zero-order valence-electron chi connectivity index (χ0n) is 8.32. The monoisotopic (exact) mass is 227 g/mol. The van der Waals surface area contributed by atoms with E-state index in [9.17, 15) is 9.59 Å². The lowest BCUT2D eigenvalue weighted by atomic mass is 10.2. The average Bonchev–Trinajstić information content (AvgIpc) is 2.18. The maximum atomic E-state index is 11.1. The molecule has 1 N–H and O–H groups in total. The second-order valence-electron chi connectivity index (χ2n) is 2.98. The highest BCUT2D eigenvalue weighted by molar-refractivity contribution is 6.35. The highest BCUT2D eigenvalue weighted by atomic mass is 35.5. The first kappa shape index (κ1) is 11.6. The number of rotatable bonds is 3. The summed E-state index contributed by atoms with van der Waals surface area (Å²) in [5.41, 5.74) is 0.439. The maximum Gasteiger partial charge on any atom is 0.287 e. The van der Waals surface area contributed by atoms with Crippen LogP contribution in [0.5, 0.6) is 0 Å². The Kier molecular flexibility index (Phi) is 3.74. The van der Waals surface area contributed by atoms with Crippen molar-refractivity contribution < 1.29 is 9.59 Å². The van der Waals surface area contributed by atoms with E-state index >= 15 is 0 Å². The minimum absolute atomic E-state index is 0.217. The number of amides is 1. The number of nitrogens with one attached hydrogen (secondary N) is 1. The normalized spacial score (nSPS) is 11.9. The summed E-state index contributed by atoms with van der Waals surface area (Å²) in [4.78, 5) is 29.6. The zero-order valence-corrected chi connectivity index (χ0v) is 9.08. The third-order valence-electron chi connectivity index (χ3n) is 1.76. The Morgan fingerprint density at radius 3 is 2.53 bits per heavy atom. The van der Waals surface area contributed by atoms with Crippen LogP contribution in [0.4, 0.5) is 0 Å². The fraction of sp³-hybridized carbons (Fsp3) is 0.333. The smallest absolute Gasteiger partial charge is 0.287 e. The van der Waals surface area contributed by atoms with Crippen molar-refractivity contribution in [3.63, 3.8) is 0 Å². The van der Waals surface area contributed by atoms with Gasteiger partial charge in [0.25, 0.3) is 5.91 Å². The summed E-state index contributed by atoms with van der Waals surface area (Å²) >= 11 is 5.77. The molecule has 1 amide bonds. The van der Waals surface area contributed by atoms with Crippen molar-refractivity contribution in [2.24, 2.45) is 0 Å². The minimum atomic E-state index is -0.663. The first-order chi connectivity index (χ1) is 7.02. The van der Waals surface area contributed by atoms with Gasteiger partial charge in [0.05, 0.1) is 11.7 Å². The molecule has 0 radical (unpaired) electrons. The molecule has 1 aromatic heterocycles. The summed E-state index contributed by atoms with van der Waals surface area (Å²) in [6.45, 7) is 2.87. The van der Waals surface area contributed by atoms with Crippen LogP contribution in [0.25, 0.3) is 0 Å². The predicted octanol–water partition coefficient (Wildman–Crippen LogP) is 0.896. The van der Waals surface area contributed by atoms with Crippen molar-refractivity contribution >= 4 is 23.3 Å². The summed E-state index contributed by atoms with van der Waals surface area (Å²) in [6, 6.07) is -0.442. The fourth-order valence-corrected chi connectivity index (χ4v) is 1.26. The number of Topliss-reactive ketones (excluding diaryl/α,β-unsaturated/α-hetero) is 1. The molecule has 5 nitrogen and oxygen atoms in total. The second kappa shape index (κ2) is 4.84. The Morgan fingerprint density at radius 2 is 2.00 bits per heavy atom. The Labute approximate surface area is 91.9 Å². The van der Waals surface area contributed by atoms with Crippen molar-refractivity contribution in [2.45, 2.75) is 19.9 Å². The lowest BCUT2D eigenvalue weighted by molar-refractivity contribution is -0.137. The molecule has 0 saturated heterocycles. The number of halogens is 1. The number of carbonyl (C=O) groups is 2. The van der Waals surface area contributed by atoms with Gasteiger partial charge in [0, 0.05) is 19.3 Å². The van der Waals surface area contributed by atoms with Crippen molar-refractivity contribution in [3.8, 4) is 0 Å². The van der Waals surface area contributed by atoms with Crippen molar-refractivity contribution in [1.82, 2.24) is 15.3 Å². The molecule has 1 aromatic rings. The molecule has 0 aliphatic heterocycles. The number of hydrogen-bond donors (Lipinski definition) is 1. The van der Waals surface area contributed by atoms with Crippen LogP contribution in [-0.2, 0) is 9.59 Å². The highest BCUT2D eigenvalue weighted by Gasteiger charge is 2.16. The average molecular weight is 228 g/mol. The van der Waals surface area contributed by atoms with Crippen LogP contribution in [0.2, 0.25) is 5.15 Å². The van der Waals surface area contributed by atoms with E-state index in [1.165, 1.54) is 19.3 Å². The standard InChI is InChI=1S/C9H10ClN3O2/c1-5(13-9(15)6(2)14)7-8(10)12-4-3-11-7/h3-5H,1-2H3,(H,13,15). The van der Waals surface area contributed by atoms with E-state index in [2.05, 4.69) is 15.3 Å². The molecule has 0 aliphatic rings. The second-order valence-corrected chi connectivity index (χ2v) is 3.34. The topological polar surface area (TPSA) is 72.0 Å². The molecule has 1 rings (SSSR count). The molecule has 1 atom stereocenters. The zero-order chi connectivity index (χ0) is 11.4. The van der Waals surface area contributed by atoms with Gasteiger partial charge in [-0.2, -0.15) is 0 Å². The summed E-state index contributed by atoms with van der Waals surface area (Å²) in [7, 11) is 0. The molecule has 1 heterocycles. The van der Waals surface area contributed by atoms with Crippen molar-refractivity contribution in [2.75, 3.05) is 0 Å². The summed E-state index contributed by atoms with van der Waals surface area (Å²) in [5, 5.41) is 2.68. The van der Waals surface area contributed by atoms with Gasteiger partial charge < -0.3 is 5.32 Å². The number of ketones is 1. The van der Waals surface area contributed by atoms with Crippen LogP contribution in [0.15, 0.2) is 12.4 Å². The predicted molar refractivity (Wildman–Crippen MR) is 54.3 cm³/mol. The summed E-state index contributed by atoms with van der Waals surface area (Å²) in [6.07, 6.45) is 2.92. The molecule has 15 heavy (non-hydrogen) atoms. The SMILES string of the molecule is CC(=O)C(=O)NC(C)c1nccnc1Cl. The Bertz CT molecular complexity index is 395. The van der Waals surface area contributed by atoms with Crippen LogP contribution in [-0.4, -0.2) is 21.7 Å². The van der Waals surface area contributed by atoms with Gasteiger partial charge >= 0.3 is 0 Å². The third kappa shape index (κ3) is 2.99. The van der Waals surface area contributed by atoms with Gasteiger partial charge in [0.2, 0.25) is 5.78 Å². The van der Waals surface area contributed by atoms with E-state index in [1.807, 2.05) is 0 Å².